The van der Waals surface area contributed by atoms with Gasteiger partial charge in [-0.05, 0) is 60.6 Å². The van der Waals surface area contributed by atoms with Crippen LogP contribution in [0.1, 0.15) is 61.4 Å². The number of urea groups is 1. The molecule has 4 aromatic rings. The van der Waals surface area contributed by atoms with Gasteiger partial charge in [0.2, 0.25) is 0 Å². The molecule has 1 saturated heterocycles. The van der Waals surface area contributed by atoms with Gasteiger partial charge in [-0.2, -0.15) is 13.2 Å². The van der Waals surface area contributed by atoms with Crippen LogP contribution in [0.3, 0.4) is 0 Å². The van der Waals surface area contributed by atoms with Crippen LogP contribution < -0.4 is 0 Å². The predicted octanol–water partition coefficient (Wildman–Crippen LogP) is 6.64. The summed E-state index contributed by atoms with van der Waals surface area (Å²) in [6.07, 6.45) is 4.61. The van der Waals surface area contributed by atoms with Crippen molar-refractivity contribution >= 4 is 39.5 Å². The molecule has 5 heterocycles. The molecular formula is C32H32F3N5O2. The third-order valence-electron chi connectivity index (χ3n) is 9.26. The third kappa shape index (κ3) is 4.39. The number of imidazole rings is 1. The molecule has 2 amide bonds. The number of ketones is 1. The number of aromatic nitrogens is 3. The van der Waals surface area contributed by atoms with Gasteiger partial charge in [-0.3, -0.25) is 9.20 Å². The number of hydrogen-bond donors (Lipinski definition) is 0. The summed E-state index contributed by atoms with van der Waals surface area (Å²) < 4.78 is 46.6. The largest absolute Gasteiger partial charge is 0.416 e. The Morgan fingerprint density at radius 3 is 2.62 bits per heavy atom. The minimum absolute atomic E-state index is 0.0850. The standard InChI is InChI=1S/C32H32F3N5O2/c1-2-20-8-11-37(12-9-20)31(42)39-14-13-38-19-25(24-16-22(32(33,34)35)15-21(18-39)30(24)38)29-23(6-7-27(29)41)26-17-36-28-5-3-4-10-40(26)28/h3-5,10,15-17,19-20H,2,6-9,11-14,18H2,1H3. The van der Waals surface area contributed by atoms with Crippen LogP contribution >= 0.6 is 0 Å². The van der Waals surface area contributed by atoms with E-state index in [1.54, 1.807) is 11.1 Å². The van der Waals surface area contributed by atoms with Crippen LogP contribution in [0.25, 0.3) is 27.7 Å². The number of rotatable bonds is 3. The molecule has 42 heavy (non-hydrogen) atoms. The fourth-order valence-corrected chi connectivity index (χ4v) is 6.98. The molecule has 10 heteroatoms. The molecule has 1 aliphatic carbocycles. The summed E-state index contributed by atoms with van der Waals surface area (Å²) in [6, 6.07) is 7.86. The maximum absolute atomic E-state index is 14.2. The molecule has 0 unspecified atom stereocenters. The number of halogens is 3. The average Bonchev–Trinajstić information content (AvgIpc) is 3.65. The second-order valence-corrected chi connectivity index (χ2v) is 11.7. The number of hydrogen-bond acceptors (Lipinski definition) is 3. The third-order valence-corrected chi connectivity index (χ3v) is 9.26. The highest BCUT2D eigenvalue weighted by atomic mass is 19.4. The Kier molecular flexibility index (Phi) is 6.40. The van der Waals surface area contributed by atoms with E-state index in [0.29, 0.717) is 72.5 Å². The van der Waals surface area contributed by atoms with E-state index in [4.69, 9.17) is 0 Å². The Hall–Kier alpha value is -4.08. The highest BCUT2D eigenvalue weighted by Gasteiger charge is 2.36. The number of pyridine rings is 1. The van der Waals surface area contributed by atoms with Gasteiger partial charge in [-0.25, -0.2) is 9.78 Å². The molecule has 1 fully saturated rings. The summed E-state index contributed by atoms with van der Waals surface area (Å²) in [5.74, 6) is 0.525. The number of carbonyl (C=O) groups excluding carboxylic acids is 2. The first-order valence-corrected chi connectivity index (χ1v) is 14.7. The number of alkyl halides is 3. The van der Waals surface area contributed by atoms with Crippen molar-refractivity contribution in [3.8, 4) is 0 Å². The summed E-state index contributed by atoms with van der Waals surface area (Å²) in [5.41, 5.74) is 3.61. The number of likely N-dealkylation sites (tertiary alicyclic amines) is 1. The molecule has 0 spiro atoms. The zero-order valence-corrected chi connectivity index (χ0v) is 23.5. The molecule has 7 nitrogen and oxygen atoms in total. The van der Waals surface area contributed by atoms with Gasteiger partial charge < -0.3 is 14.4 Å². The molecule has 218 valence electrons. The maximum atomic E-state index is 14.2. The van der Waals surface area contributed by atoms with Gasteiger partial charge in [0.15, 0.2) is 5.78 Å². The van der Waals surface area contributed by atoms with Crippen molar-refractivity contribution in [3.63, 3.8) is 0 Å². The van der Waals surface area contributed by atoms with E-state index < -0.39 is 11.7 Å². The first-order chi connectivity index (χ1) is 20.2. The first kappa shape index (κ1) is 26.8. The van der Waals surface area contributed by atoms with Crippen molar-refractivity contribution in [3.05, 3.63) is 71.3 Å². The summed E-state index contributed by atoms with van der Waals surface area (Å²) in [4.78, 5) is 34.9. The first-order valence-electron chi connectivity index (χ1n) is 14.7. The molecule has 3 aliphatic rings. The highest BCUT2D eigenvalue weighted by Crippen LogP contribution is 2.44. The Labute approximate surface area is 241 Å². The molecule has 0 saturated carbocycles. The number of carbonyl (C=O) groups is 2. The van der Waals surface area contributed by atoms with Crippen molar-refractivity contribution in [2.75, 3.05) is 19.6 Å². The fraction of sp³-hybridized carbons (Fsp3) is 0.406. The van der Waals surface area contributed by atoms with Crippen molar-refractivity contribution in [2.45, 2.75) is 58.3 Å². The highest BCUT2D eigenvalue weighted by molar-refractivity contribution is 6.33. The van der Waals surface area contributed by atoms with Crippen molar-refractivity contribution in [1.29, 1.82) is 0 Å². The van der Waals surface area contributed by atoms with Gasteiger partial charge >= 0.3 is 12.2 Å². The second kappa shape index (κ2) is 10.0. The second-order valence-electron chi connectivity index (χ2n) is 11.7. The lowest BCUT2D eigenvalue weighted by Crippen LogP contribution is -2.46. The van der Waals surface area contributed by atoms with Crippen molar-refractivity contribution in [2.24, 2.45) is 5.92 Å². The van der Waals surface area contributed by atoms with E-state index in [-0.39, 0.29) is 18.4 Å². The Balaban J connectivity index is 1.34. The van der Waals surface area contributed by atoms with E-state index in [9.17, 15) is 22.8 Å². The summed E-state index contributed by atoms with van der Waals surface area (Å²) in [6.45, 7) is 4.39. The lowest BCUT2D eigenvalue weighted by atomic mass is 9.94. The fourth-order valence-electron chi connectivity index (χ4n) is 6.98. The minimum Gasteiger partial charge on any atom is -0.345 e. The quantitative estimate of drug-likeness (QED) is 0.275. The maximum Gasteiger partial charge on any atom is 0.416 e. The number of allylic oxidation sites excluding steroid dienone is 2. The van der Waals surface area contributed by atoms with Crippen molar-refractivity contribution in [1.82, 2.24) is 23.8 Å². The lowest BCUT2D eigenvalue weighted by molar-refractivity contribution is -0.137. The average molecular weight is 576 g/mol. The molecule has 0 N–H and O–H groups in total. The van der Waals surface area contributed by atoms with E-state index in [0.717, 1.165) is 36.2 Å². The topological polar surface area (TPSA) is 62.9 Å². The zero-order chi connectivity index (χ0) is 29.2. The number of benzene rings is 1. The van der Waals surface area contributed by atoms with Crippen LogP contribution in [-0.4, -0.2) is 55.2 Å². The molecule has 1 aromatic carbocycles. The van der Waals surface area contributed by atoms with E-state index in [1.165, 1.54) is 12.1 Å². The molecule has 2 aliphatic heterocycles. The van der Waals surface area contributed by atoms with Crippen LogP contribution in [0.15, 0.2) is 48.9 Å². The number of amides is 2. The molecule has 0 radical (unpaired) electrons. The lowest BCUT2D eigenvalue weighted by Gasteiger charge is -2.35. The predicted molar refractivity (Wildman–Crippen MR) is 154 cm³/mol. The van der Waals surface area contributed by atoms with Crippen molar-refractivity contribution < 1.29 is 22.8 Å². The molecule has 0 bridgehead atoms. The molecule has 0 atom stereocenters. The Morgan fingerprint density at radius 1 is 1.05 bits per heavy atom. The molecule has 3 aromatic heterocycles. The number of piperidine rings is 1. The number of Topliss-reactive ketones (excluding diaryl/α,β-unsaturated/α-hetero) is 1. The van der Waals surface area contributed by atoms with Gasteiger partial charge in [0, 0.05) is 68.1 Å². The van der Waals surface area contributed by atoms with Crippen LogP contribution in [0.2, 0.25) is 0 Å². The summed E-state index contributed by atoms with van der Waals surface area (Å²) in [7, 11) is 0. The summed E-state index contributed by atoms with van der Waals surface area (Å²) >= 11 is 0. The minimum atomic E-state index is -4.58. The summed E-state index contributed by atoms with van der Waals surface area (Å²) in [5, 5.41) is 0.398. The van der Waals surface area contributed by atoms with E-state index in [2.05, 4.69) is 11.9 Å². The molecule has 7 rings (SSSR count). The van der Waals surface area contributed by atoms with Gasteiger partial charge in [0.05, 0.1) is 23.0 Å². The van der Waals surface area contributed by atoms with Crippen LogP contribution in [0, 0.1) is 5.92 Å². The van der Waals surface area contributed by atoms with Crippen LogP contribution in [0.4, 0.5) is 18.0 Å². The van der Waals surface area contributed by atoms with Crippen LogP contribution in [0.5, 0.6) is 0 Å². The van der Waals surface area contributed by atoms with Gasteiger partial charge in [-0.15, -0.1) is 0 Å². The van der Waals surface area contributed by atoms with Gasteiger partial charge in [0.25, 0.3) is 0 Å². The number of fused-ring (bicyclic) bond motifs is 1. The Bertz CT molecular complexity index is 1760. The monoisotopic (exact) mass is 575 g/mol. The Morgan fingerprint density at radius 2 is 1.86 bits per heavy atom. The van der Waals surface area contributed by atoms with Crippen LogP contribution in [-0.2, 0) is 24.1 Å². The van der Waals surface area contributed by atoms with Gasteiger partial charge in [0.1, 0.15) is 5.65 Å². The SMILES string of the molecule is CCC1CCN(C(=O)N2CCn3cc(C4=C(c5cnc6ccccn56)CCC4=O)c4cc(C(F)(F)F)cc(c43)C2)CC1. The normalized spacial score (nSPS) is 18.5. The smallest absolute Gasteiger partial charge is 0.345 e. The van der Waals surface area contributed by atoms with Gasteiger partial charge in [-0.1, -0.05) is 19.4 Å². The van der Waals surface area contributed by atoms with E-state index >= 15 is 0 Å². The molecular weight excluding hydrogens is 543 g/mol. The van der Waals surface area contributed by atoms with E-state index in [1.807, 2.05) is 44.5 Å². The number of nitrogens with zero attached hydrogens (tertiary/aromatic N) is 5. The zero-order valence-electron chi connectivity index (χ0n) is 23.5.